The molecule has 0 bridgehead atoms. The highest BCUT2D eigenvalue weighted by Gasteiger charge is 2.37. The van der Waals surface area contributed by atoms with Crippen LogP contribution in [0.2, 0.25) is 0 Å². The molecular weight excluding hydrogens is 474 g/mol. The van der Waals surface area contributed by atoms with E-state index >= 15 is 0 Å². The number of benzene rings is 3. The monoisotopic (exact) mass is 505 g/mol. The molecule has 1 aliphatic heterocycles. The number of carbonyl (C=O) groups excluding carboxylic acids is 2. The van der Waals surface area contributed by atoms with Crippen molar-refractivity contribution in [2.75, 3.05) is 11.9 Å². The van der Waals surface area contributed by atoms with Crippen LogP contribution in [0.4, 0.5) is 5.69 Å². The van der Waals surface area contributed by atoms with E-state index in [0.29, 0.717) is 25.1 Å². The Bertz CT molecular complexity index is 1350. The van der Waals surface area contributed by atoms with Gasteiger partial charge in [-0.1, -0.05) is 61.0 Å². The minimum atomic E-state index is -3.88. The van der Waals surface area contributed by atoms with Gasteiger partial charge in [-0.25, -0.2) is 8.42 Å². The van der Waals surface area contributed by atoms with E-state index in [2.05, 4.69) is 10.6 Å². The van der Waals surface area contributed by atoms with Gasteiger partial charge in [0.15, 0.2) is 0 Å². The normalized spacial score (nSPS) is 15.7. The lowest BCUT2D eigenvalue weighted by atomic mass is 9.92. The first kappa shape index (κ1) is 25.6. The summed E-state index contributed by atoms with van der Waals surface area (Å²) in [5.74, 6) is -0.356. The molecule has 7 nitrogen and oxygen atoms in total. The fourth-order valence-electron chi connectivity index (χ4n) is 4.49. The number of hydrogen-bond acceptors (Lipinski definition) is 4. The Morgan fingerprint density at radius 1 is 0.972 bits per heavy atom. The van der Waals surface area contributed by atoms with Gasteiger partial charge in [0.2, 0.25) is 21.8 Å². The van der Waals surface area contributed by atoms with Crippen LogP contribution in [0.15, 0.2) is 77.7 Å². The zero-order valence-corrected chi connectivity index (χ0v) is 21.3. The Morgan fingerprint density at radius 2 is 1.72 bits per heavy atom. The van der Waals surface area contributed by atoms with Crippen LogP contribution in [-0.2, 0) is 32.6 Å². The highest BCUT2D eigenvalue weighted by Crippen LogP contribution is 2.36. The molecule has 2 amide bonds. The predicted octanol–water partition coefficient (Wildman–Crippen LogP) is 4.34. The summed E-state index contributed by atoms with van der Waals surface area (Å²) >= 11 is 0. The van der Waals surface area contributed by atoms with Crippen LogP contribution in [0, 0.1) is 6.92 Å². The van der Waals surface area contributed by atoms with E-state index in [-0.39, 0.29) is 29.7 Å². The zero-order chi connectivity index (χ0) is 25.7. The fourth-order valence-corrected chi connectivity index (χ4v) is 6.10. The third-order valence-corrected chi connectivity index (χ3v) is 8.30. The molecule has 1 atom stereocenters. The molecule has 4 rings (SSSR count). The third-order valence-electron chi connectivity index (χ3n) is 6.38. The van der Waals surface area contributed by atoms with Crippen molar-refractivity contribution in [3.8, 4) is 0 Å². The summed E-state index contributed by atoms with van der Waals surface area (Å²) < 4.78 is 28.8. The third kappa shape index (κ3) is 5.83. The smallest absolute Gasteiger partial charge is 0.243 e. The number of amides is 2. The van der Waals surface area contributed by atoms with Crippen LogP contribution in [0.3, 0.4) is 0 Å². The molecular formula is C28H31N3O4S. The molecule has 0 saturated heterocycles. The van der Waals surface area contributed by atoms with Gasteiger partial charge in [0.25, 0.3) is 0 Å². The molecule has 0 radical (unpaired) electrons. The number of sulfonamides is 1. The number of carbonyl (C=O) groups is 2. The molecule has 0 aromatic heterocycles. The van der Waals surface area contributed by atoms with Crippen molar-refractivity contribution in [3.63, 3.8) is 0 Å². The van der Waals surface area contributed by atoms with Gasteiger partial charge < -0.3 is 10.6 Å². The Kier molecular flexibility index (Phi) is 7.86. The molecule has 1 aliphatic rings. The molecule has 0 saturated carbocycles. The second-order valence-corrected chi connectivity index (χ2v) is 10.9. The summed E-state index contributed by atoms with van der Waals surface area (Å²) in [6.07, 6.45) is 0.926. The Labute approximate surface area is 212 Å². The van der Waals surface area contributed by atoms with Crippen molar-refractivity contribution in [2.24, 2.45) is 0 Å². The predicted molar refractivity (Wildman–Crippen MR) is 140 cm³/mol. The molecule has 1 heterocycles. The van der Waals surface area contributed by atoms with Crippen LogP contribution < -0.4 is 10.6 Å². The highest BCUT2D eigenvalue weighted by atomic mass is 32.2. The second-order valence-electron chi connectivity index (χ2n) is 8.98. The van der Waals surface area contributed by atoms with Gasteiger partial charge >= 0.3 is 0 Å². The number of aryl methyl sites for hydroxylation is 1. The van der Waals surface area contributed by atoms with Crippen molar-refractivity contribution in [2.45, 2.75) is 50.6 Å². The molecule has 0 fully saturated rings. The lowest BCUT2D eigenvalue weighted by Gasteiger charge is -2.36. The number of anilines is 1. The molecule has 0 aliphatic carbocycles. The topological polar surface area (TPSA) is 95.6 Å². The molecule has 8 heteroatoms. The van der Waals surface area contributed by atoms with Crippen molar-refractivity contribution >= 4 is 27.5 Å². The summed E-state index contributed by atoms with van der Waals surface area (Å²) in [7, 11) is -3.88. The molecule has 36 heavy (non-hydrogen) atoms. The van der Waals surface area contributed by atoms with Crippen LogP contribution in [0.5, 0.6) is 0 Å². The quantitative estimate of drug-likeness (QED) is 0.476. The summed E-state index contributed by atoms with van der Waals surface area (Å²) in [6.45, 7) is 4.41. The van der Waals surface area contributed by atoms with E-state index in [9.17, 15) is 18.0 Å². The van der Waals surface area contributed by atoms with E-state index in [1.54, 1.807) is 19.1 Å². The van der Waals surface area contributed by atoms with Gasteiger partial charge in [-0.15, -0.1) is 0 Å². The number of nitrogens with one attached hydrogen (secondary N) is 2. The maximum atomic E-state index is 13.7. The molecule has 2 N–H and O–H groups in total. The van der Waals surface area contributed by atoms with Gasteiger partial charge in [-0.05, 0) is 54.3 Å². The van der Waals surface area contributed by atoms with E-state index in [1.807, 2.05) is 55.5 Å². The minimum Gasteiger partial charge on any atom is -0.352 e. The van der Waals surface area contributed by atoms with Crippen LogP contribution in [0.25, 0.3) is 0 Å². The summed E-state index contributed by atoms with van der Waals surface area (Å²) in [4.78, 5) is 24.8. The van der Waals surface area contributed by atoms with Crippen molar-refractivity contribution in [1.29, 1.82) is 0 Å². The van der Waals surface area contributed by atoms with Gasteiger partial charge in [0.05, 0.1) is 10.9 Å². The minimum absolute atomic E-state index is 0.0205. The van der Waals surface area contributed by atoms with E-state index in [0.717, 1.165) is 22.3 Å². The van der Waals surface area contributed by atoms with E-state index in [1.165, 1.54) is 16.4 Å². The number of rotatable bonds is 8. The standard InChI is InChI=1S/C28H31N3O4S/c1-3-27(32)30-23-11-13-24(14-12-23)36(34,35)31-16-15-22-9-4-5-10-25(22)26(31)18-28(33)29-19-21-8-6-7-20(2)17-21/h4-14,17,26H,3,15-16,18-19H2,1-2H3,(H,29,33)(H,30,32). The molecule has 0 spiro atoms. The van der Waals surface area contributed by atoms with Gasteiger partial charge in [0.1, 0.15) is 0 Å². The van der Waals surface area contributed by atoms with Crippen LogP contribution >= 0.6 is 0 Å². The Morgan fingerprint density at radius 3 is 2.44 bits per heavy atom. The molecule has 188 valence electrons. The lowest BCUT2D eigenvalue weighted by Crippen LogP contribution is -2.42. The maximum Gasteiger partial charge on any atom is 0.243 e. The van der Waals surface area contributed by atoms with Crippen molar-refractivity contribution in [1.82, 2.24) is 9.62 Å². The average molecular weight is 506 g/mol. The Balaban J connectivity index is 1.56. The lowest BCUT2D eigenvalue weighted by molar-refractivity contribution is -0.122. The van der Waals surface area contributed by atoms with Crippen LogP contribution in [-0.4, -0.2) is 31.1 Å². The first-order valence-electron chi connectivity index (χ1n) is 12.1. The first-order chi connectivity index (χ1) is 17.3. The molecule has 3 aromatic carbocycles. The maximum absolute atomic E-state index is 13.7. The summed E-state index contributed by atoms with van der Waals surface area (Å²) in [5.41, 5.74) is 4.55. The molecule has 1 unspecified atom stereocenters. The van der Waals surface area contributed by atoms with Crippen molar-refractivity contribution < 1.29 is 18.0 Å². The number of nitrogens with zero attached hydrogens (tertiary/aromatic N) is 1. The summed E-state index contributed by atoms with van der Waals surface area (Å²) in [5, 5.41) is 5.67. The Hall–Kier alpha value is -3.49. The SMILES string of the molecule is CCC(=O)Nc1ccc(S(=O)(=O)N2CCc3ccccc3C2CC(=O)NCc2cccc(C)c2)cc1. The van der Waals surface area contributed by atoms with Gasteiger partial charge in [0, 0.05) is 31.6 Å². The molecule has 3 aromatic rings. The average Bonchev–Trinajstić information content (AvgIpc) is 2.88. The highest BCUT2D eigenvalue weighted by molar-refractivity contribution is 7.89. The second kappa shape index (κ2) is 11.1. The summed E-state index contributed by atoms with van der Waals surface area (Å²) in [6, 6.07) is 21.2. The number of hydrogen-bond donors (Lipinski definition) is 2. The van der Waals surface area contributed by atoms with E-state index in [4.69, 9.17) is 0 Å². The zero-order valence-electron chi connectivity index (χ0n) is 20.5. The van der Waals surface area contributed by atoms with Crippen LogP contribution in [0.1, 0.15) is 48.1 Å². The van der Waals surface area contributed by atoms with Gasteiger partial charge in [-0.3, -0.25) is 9.59 Å². The largest absolute Gasteiger partial charge is 0.352 e. The number of fused-ring (bicyclic) bond motifs is 1. The van der Waals surface area contributed by atoms with E-state index < -0.39 is 16.1 Å². The van der Waals surface area contributed by atoms with Gasteiger partial charge in [-0.2, -0.15) is 4.31 Å². The first-order valence-corrected chi connectivity index (χ1v) is 13.5. The fraction of sp³-hybridized carbons (Fsp3) is 0.286. The van der Waals surface area contributed by atoms with Crippen molar-refractivity contribution in [3.05, 3.63) is 95.1 Å².